The molecule has 82 valence electrons. The molecule has 0 fully saturated rings. The molecule has 0 aromatic heterocycles. The summed E-state index contributed by atoms with van der Waals surface area (Å²) in [6.45, 7) is 10.3. The van der Waals surface area contributed by atoms with E-state index in [0.29, 0.717) is 23.9 Å². The molecule has 0 saturated heterocycles. The molecule has 0 heterocycles. The van der Waals surface area contributed by atoms with Gasteiger partial charge in [-0.1, -0.05) is 26.8 Å². The van der Waals surface area contributed by atoms with Crippen molar-refractivity contribution in [3.8, 4) is 0 Å². The molecule has 0 radical (unpaired) electrons. The number of hydrogen-bond donors (Lipinski definition) is 0. The number of carbonyl (C=O) groups is 1. The van der Waals surface area contributed by atoms with Crippen LogP contribution in [-0.4, -0.2) is 24.1 Å². The predicted octanol–water partition coefficient (Wildman–Crippen LogP) is 2.89. The van der Waals surface area contributed by atoms with Crippen molar-refractivity contribution in [1.29, 1.82) is 0 Å². The molecule has 0 rings (SSSR count). The van der Waals surface area contributed by atoms with Crippen molar-refractivity contribution in [2.24, 2.45) is 5.92 Å². The van der Waals surface area contributed by atoms with Gasteiger partial charge in [0.15, 0.2) is 0 Å². The Bertz CT molecular complexity index is 190. The molecular formula is C11H20O2S. The van der Waals surface area contributed by atoms with Crippen molar-refractivity contribution in [1.82, 2.24) is 0 Å². The molecule has 0 N–H and O–H groups in total. The van der Waals surface area contributed by atoms with Gasteiger partial charge in [-0.15, -0.1) is 0 Å². The summed E-state index contributed by atoms with van der Waals surface area (Å²) in [4.78, 5) is 11.2. The zero-order valence-corrected chi connectivity index (χ0v) is 10.2. The minimum Gasteiger partial charge on any atom is -0.463 e. The molecule has 0 aromatic rings. The third-order valence-corrected chi connectivity index (χ3v) is 3.30. The molecule has 1 atom stereocenters. The van der Waals surface area contributed by atoms with E-state index < -0.39 is 0 Å². The van der Waals surface area contributed by atoms with E-state index in [1.54, 1.807) is 18.7 Å². The van der Waals surface area contributed by atoms with Crippen LogP contribution in [0.25, 0.3) is 0 Å². The smallest absolute Gasteiger partial charge is 0.334 e. The van der Waals surface area contributed by atoms with E-state index in [1.807, 2.05) is 0 Å². The topological polar surface area (TPSA) is 26.3 Å². The van der Waals surface area contributed by atoms with Gasteiger partial charge in [-0.2, -0.15) is 11.8 Å². The van der Waals surface area contributed by atoms with Gasteiger partial charge in [-0.3, -0.25) is 0 Å². The third-order valence-electron chi connectivity index (χ3n) is 1.94. The lowest BCUT2D eigenvalue weighted by molar-refractivity contribution is -0.138. The second-order valence-electron chi connectivity index (χ2n) is 3.35. The van der Waals surface area contributed by atoms with Crippen LogP contribution in [-0.2, 0) is 9.53 Å². The van der Waals surface area contributed by atoms with Crippen LogP contribution in [0.5, 0.6) is 0 Å². The van der Waals surface area contributed by atoms with Crippen LogP contribution in [0.1, 0.15) is 27.2 Å². The molecule has 0 saturated carbocycles. The van der Waals surface area contributed by atoms with Crippen molar-refractivity contribution in [2.75, 3.05) is 18.1 Å². The first-order valence-corrected chi connectivity index (χ1v) is 6.19. The molecular weight excluding hydrogens is 196 g/mol. The highest BCUT2D eigenvalue weighted by Crippen LogP contribution is 2.14. The fourth-order valence-electron chi connectivity index (χ4n) is 0.793. The molecule has 1 unspecified atom stereocenters. The lowest BCUT2D eigenvalue weighted by Crippen LogP contribution is -2.09. The van der Waals surface area contributed by atoms with E-state index in [9.17, 15) is 4.79 Å². The molecule has 0 spiro atoms. The predicted molar refractivity (Wildman–Crippen MR) is 62.6 cm³/mol. The summed E-state index contributed by atoms with van der Waals surface area (Å²) in [5, 5.41) is 0. The zero-order valence-electron chi connectivity index (χ0n) is 9.34. The fourth-order valence-corrected chi connectivity index (χ4v) is 1.91. The Morgan fingerprint density at radius 3 is 2.64 bits per heavy atom. The Morgan fingerprint density at radius 2 is 2.14 bits per heavy atom. The lowest BCUT2D eigenvalue weighted by atomic mass is 10.2. The number of thioether (sulfide) groups is 1. The van der Waals surface area contributed by atoms with E-state index in [2.05, 4.69) is 20.4 Å². The van der Waals surface area contributed by atoms with Crippen molar-refractivity contribution < 1.29 is 9.53 Å². The van der Waals surface area contributed by atoms with Crippen LogP contribution < -0.4 is 0 Å². The number of carbonyl (C=O) groups excluding carboxylic acids is 1. The van der Waals surface area contributed by atoms with Crippen molar-refractivity contribution in [3.63, 3.8) is 0 Å². The van der Waals surface area contributed by atoms with Crippen LogP contribution >= 0.6 is 11.8 Å². The molecule has 0 aromatic carbocycles. The molecule has 0 aliphatic rings. The molecule has 3 heteroatoms. The molecule has 14 heavy (non-hydrogen) atoms. The highest BCUT2D eigenvalue weighted by Gasteiger charge is 2.08. The number of esters is 1. The molecule has 0 amide bonds. The van der Waals surface area contributed by atoms with Crippen LogP contribution in [0.15, 0.2) is 12.2 Å². The molecule has 0 aliphatic carbocycles. The van der Waals surface area contributed by atoms with Gasteiger partial charge in [0.1, 0.15) is 0 Å². The average molecular weight is 216 g/mol. The third kappa shape index (κ3) is 6.08. The lowest BCUT2D eigenvalue weighted by Gasteiger charge is -2.08. The van der Waals surface area contributed by atoms with Gasteiger partial charge >= 0.3 is 5.97 Å². The van der Waals surface area contributed by atoms with E-state index >= 15 is 0 Å². The SMILES string of the molecule is C=C(CSCC(C)CC)C(=O)OCC. The van der Waals surface area contributed by atoms with Gasteiger partial charge in [0.2, 0.25) is 0 Å². The quantitative estimate of drug-likeness (QED) is 0.483. The number of rotatable bonds is 7. The van der Waals surface area contributed by atoms with Gasteiger partial charge in [0.05, 0.1) is 6.61 Å². The van der Waals surface area contributed by atoms with Gasteiger partial charge in [0, 0.05) is 11.3 Å². The Balaban J connectivity index is 3.58. The van der Waals surface area contributed by atoms with Crippen LogP contribution in [0.2, 0.25) is 0 Å². The van der Waals surface area contributed by atoms with E-state index in [4.69, 9.17) is 4.74 Å². The van der Waals surface area contributed by atoms with Gasteiger partial charge in [-0.25, -0.2) is 4.79 Å². The van der Waals surface area contributed by atoms with E-state index in [-0.39, 0.29) is 5.97 Å². The van der Waals surface area contributed by atoms with E-state index in [1.165, 1.54) is 6.42 Å². The molecule has 0 aliphatic heterocycles. The summed E-state index contributed by atoms with van der Waals surface area (Å²) < 4.78 is 4.84. The second kappa shape index (κ2) is 7.92. The summed E-state index contributed by atoms with van der Waals surface area (Å²) in [6, 6.07) is 0. The van der Waals surface area contributed by atoms with Crippen LogP contribution in [0.4, 0.5) is 0 Å². The minimum absolute atomic E-state index is 0.260. The van der Waals surface area contributed by atoms with Gasteiger partial charge in [-0.05, 0) is 18.6 Å². The highest BCUT2D eigenvalue weighted by molar-refractivity contribution is 7.99. The van der Waals surface area contributed by atoms with Crippen LogP contribution in [0, 0.1) is 5.92 Å². The number of hydrogen-bond acceptors (Lipinski definition) is 3. The first-order chi connectivity index (χ1) is 6.61. The van der Waals surface area contributed by atoms with Crippen LogP contribution in [0.3, 0.4) is 0 Å². The fraction of sp³-hybridized carbons (Fsp3) is 0.727. The van der Waals surface area contributed by atoms with Crippen molar-refractivity contribution >= 4 is 17.7 Å². The maximum Gasteiger partial charge on any atom is 0.334 e. The first kappa shape index (κ1) is 13.6. The first-order valence-electron chi connectivity index (χ1n) is 5.04. The Hall–Kier alpha value is -0.440. The highest BCUT2D eigenvalue weighted by atomic mass is 32.2. The maximum absolute atomic E-state index is 11.2. The Labute approximate surface area is 91.1 Å². The molecule has 0 bridgehead atoms. The zero-order chi connectivity index (χ0) is 11.0. The Kier molecular flexibility index (Phi) is 7.67. The van der Waals surface area contributed by atoms with E-state index in [0.717, 1.165) is 5.75 Å². The molecule has 2 nitrogen and oxygen atoms in total. The average Bonchev–Trinajstić information content (AvgIpc) is 2.17. The van der Waals surface area contributed by atoms with Crippen molar-refractivity contribution in [2.45, 2.75) is 27.2 Å². The summed E-state index contributed by atoms with van der Waals surface area (Å²) in [6.07, 6.45) is 1.18. The number of ether oxygens (including phenoxy) is 1. The standard InChI is InChI=1S/C11H20O2S/c1-5-9(3)7-14-8-10(4)11(12)13-6-2/h9H,4-8H2,1-3H3. The maximum atomic E-state index is 11.2. The minimum atomic E-state index is -0.260. The summed E-state index contributed by atoms with van der Waals surface area (Å²) in [7, 11) is 0. The normalized spacial score (nSPS) is 12.2. The Morgan fingerprint density at radius 1 is 1.50 bits per heavy atom. The van der Waals surface area contributed by atoms with Gasteiger partial charge in [0.25, 0.3) is 0 Å². The second-order valence-corrected chi connectivity index (χ2v) is 4.38. The monoisotopic (exact) mass is 216 g/mol. The largest absolute Gasteiger partial charge is 0.463 e. The summed E-state index contributed by atoms with van der Waals surface area (Å²) >= 11 is 1.75. The van der Waals surface area contributed by atoms with Gasteiger partial charge < -0.3 is 4.74 Å². The summed E-state index contributed by atoms with van der Waals surface area (Å²) in [5.74, 6) is 2.21. The van der Waals surface area contributed by atoms with Crippen molar-refractivity contribution in [3.05, 3.63) is 12.2 Å². The summed E-state index contributed by atoms with van der Waals surface area (Å²) in [5.41, 5.74) is 0.570.